The highest BCUT2D eigenvalue weighted by atomic mass is 32.1. The molecule has 84 valence electrons. The molecule has 2 heterocycles. The van der Waals surface area contributed by atoms with Crippen LogP contribution in [0.5, 0.6) is 0 Å². The normalized spacial score (nSPS) is 10.9. The van der Waals surface area contributed by atoms with E-state index in [4.69, 9.17) is 5.73 Å². The highest BCUT2D eigenvalue weighted by Gasteiger charge is 2.08. The molecule has 0 aliphatic carbocycles. The molecule has 2 aromatic heterocycles. The van der Waals surface area contributed by atoms with Gasteiger partial charge in [0.25, 0.3) is 0 Å². The van der Waals surface area contributed by atoms with Crippen LogP contribution >= 0.6 is 11.3 Å². The predicted octanol–water partition coefficient (Wildman–Crippen LogP) is 3.25. The number of hydrogen-bond acceptors (Lipinski definition) is 4. The molecule has 17 heavy (non-hydrogen) atoms. The lowest BCUT2D eigenvalue weighted by molar-refractivity contribution is 1.37. The van der Waals surface area contributed by atoms with Crippen LogP contribution in [0.2, 0.25) is 0 Å². The van der Waals surface area contributed by atoms with Gasteiger partial charge < -0.3 is 5.73 Å². The number of hydrogen-bond donors (Lipinski definition) is 1. The third kappa shape index (κ3) is 1.76. The van der Waals surface area contributed by atoms with Crippen LogP contribution in [0, 0.1) is 6.92 Å². The van der Waals surface area contributed by atoms with Gasteiger partial charge in [0.2, 0.25) is 0 Å². The Kier molecular flexibility index (Phi) is 2.30. The van der Waals surface area contributed by atoms with Crippen LogP contribution in [0.4, 0.5) is 5.13 Å². The van der Waals surface area contributed by atoms with Crippen LogP contribution in [0.15, 0.2) is 36.5 Å². The Balaban J connectivity index is 2.21. The number of nitrogens with zero attached hydrogens (tertiary/aromatic N) is 2. The summed E-state index contributed by atoms with van der Waals surface area (Å²) in [6.45, 7) is 2.04. The Morgan fingerprint density at radius 2 is 2.12 bits per heavy atom. The summed E-state index contributed by atoms with van der Waals surface area (Å²) in [5.74, 6) is 0. The van der Waals surface area contributed by atoms with Crippen LogP contribution in [0.3, 0.4) is 0 Å². The molecule has 0 fully saturated rings. The number of pyridine rings is 1. The van der Waals surface area contributed by atoms with Crippen LogP contribution < -0.4 is 5.73 Å². The minimum absolute atomic E-state index is 0.615. The largest absolute Gasteiger partial charge is 0.375 e. The number of thiazole rings is 1. The number of aromatic nitrogens is 2. The summed E-state index contributed by atoms with van der Waals surface area (Å²) in [6, 6.07) is 10.1. The van der Waals surface area contributed by atoms with E-state index in [-0.39, 0.29) is 0 Å². The van der Waals surface area contributed by atoms with E-state index < -0.39 is 0 Å². The first-order chi connectivity index (χ1) is 8.24. The van der Waals surface area contributed by atoms with E-state index in [9.17, 15) is 0 Å². The molecule has 1 aromatic carbocycles. The molecule has 0 aliphatic heterocycles. The van der Waals surface area contributed by atoms with Crippen molar-refractivity contribution in [2.45, 2.75) is 6.92 Å². The molecular weight excluding hydrogens is 230 g/mol. The van der Waals surface area contributed by atoms with Crippen molar-refractivity contribution in [3.05, 3.63) is 41.4 Å². The second-order valence-electron chi connectivity index (χ2n) is 3.87. The van der Waals surface area contributed by atoms with Crippen LogP contribution in [-0.4, -0.2) is 9.97 Å². The zero-order valence-electron chi connectivity index (χ0n) is 9.34. The zero-order chi connectivity index (χ0) is 11.8. The van der Waals surface area contributed by atoms with E-state index in [1.165, 1.54) is 11.3 Å². The number of nitrogens with two attached hydrogens (primary N) is 1. The molecule has 0 saturated carbocycles. The van der Waals surface area contributed by atoms with Crippen molar-refractivity contribution in [3.8, 4) is 11.3 Å². The van der Waals surface area contributed by atoms with Crippen molar-refractivity contribution in [3.63, 3.8) is 0 Å². The lowest BCUT2D eigenvalue weighted by atomic mass is 10.1. The lowest BCUT2D eigenvalue weighted by Crippen LogP contribution is -1.85. The first-order valence-electron chi connectivity index (χ1n) is 5.32. The lowest BCUT2D eigenvalue weighted by Gasteiger charge is -2.01. The minimum Gasteiger partial charge on any atom is -0.375 e. The van der Waals surface area contributed by atoms with Gasteiger partial charge in [-0.25, -0.2) is 4.98 Å². The highest BCUT2D eigenvalue weighted by molar-refractivity contribution is 7.15. The molecule has 3 aromatic rings. The fourth-order valence-electron chi connectivity index (χ4n) is 1.91. The SMILES string of the molecule is Cc1sc(N)nc1-c1ccc2ncccc2c1. The topological polar surface area (TPSA) is 51.8 Å². The van der Waals surface area contributed by atoms with E-state index in [0.717, 1.165) is 27.0 Å². The third-order valence-electron chi connectivity index (χ3n) is 2.69. The summed E-state index contributed by atoms with van der Waals surface area (Å²) < 4.78 is 0. The summed E-state index contributed by atoms with van der Waals surface area (Å²) >= 11 is 1.52. The molecule has 0 bridgehead atoms. The number of aryl methyl sites for hydroxylation is 1. The second kappa shape index (κ2) is 3.82. The Bertz CT molecular complexity index is 688. The van der Waals surface area contributed by atoms with Crippen molar-refractivity contribution in [2.75, 3.05) is 5.73 Å². The Morgan fingerprint density at radius 1 is 1.24 bits per heavy atom. The summed E-state index contributed by atoms with van der Waals surface area (Å²) in [4.78, 5) is 9.81. The molecule has 0 aliphatic rings. The van der Waals surface area contributed by atoms with Crippen LogP contribution in [0.1, 0.15) is 4.88 Å². The van der Waals surface area contributed by atoms with Gasteiger partial charge in [0.05, 0.1) is 11.2 Å². The Labute approximate surface area is 103 Å². The molecule has 0 amide bonds. The van der Waals surface area contributed by atoms with Gasteiger partial charge in [0, 0.05) is 22.0 Å². The summed E-state index contributed by atoms with van der Waals surface area (Å²) in [7, 11) is 0. The van der Waals surface area contributed by atoms with E-state index in [0.29, 0.717) is 5.13 Å². The number of anilines is 1. The molecule has 0 atom stereocenters. The van der Waals surface area contributed by atoms with E-state index in [1.54, 1.807) is 6.20 Å². The van der Waals surface area contributed by atoms with Crippen molar-refractivity contribution < 1.29 is 0 Å². The fourth-order valence-corrected chi connectivity index (χ4v) is 2.62. The van der Waals surface area contributed by atoms with Gasteiger partial charge in [-0.3, -0.25) is 4.98 Å². The molecule has 3 nitrogen and oxygen atoms in total. The van der Waals surface area contributed by atoms with E-state index >= 15 is 0 Å². The van der Waals surface area contributed by atoms with E-state index in [1.807, 2.05) is 25.1 Å². The second-order valence-corrected chi connectivity index (χ2v) is 5.10. The summed E-state index contributed by atoms with van der Waals surface area (Å²) in [5.41, 5.74) is 8.79. The highest BCUT2D eigenvalue weighted by Crippen LogP contribution is 2.30. The van der Waals surface area contributed by atoms with Gasteiger partial charge in [-0.05, 0) is 25.1 Å². The first kappa shape index (κ1) is 10.2. The van der Waals surface area contributed by atoms with Crippen molar-refractivity contribution >= 4 is 27.4 Å². The van der Waals surface area contributed by atoms with Crippen molar-refractivity contribution in [1.82, 2.24) is 9.97 Å². The maximum Gasteiger partial charge on any atom is 0.180 e. The predicted molar refractivity (Wildman–Crippen MR) is 72.0 cm³/mol. The summed E-state index contributed by atoms with van der Waals surface area (Å²) in [5, 5.41) is 1.74. The van der Waals surface area contributed by atoms with Crippen LogP contribution in [0.25, 0.3) is 22.2 Å². The molecule has 3 rings (SSSR count). The van der Waals surface area contributed by atoms with Gasteiger partial charge in [0.1, 0.15) is 0 Å². The smallest absolute Gasteiger partial charge is 0.180 e. The molecular formula is C13H11N3S. The molecule has 0 saturated heterocycles. The third-order valence-corrected chi connectivity index (χ3v) is 3.49. The molecule has 0 spiro atoms. The van der Waals surface area contributed by atoms with Crippen molar-refractivity contribution in [2.24, 2.45) is 0 Å². The number of rotatable bonds is 1. The van der Waals surface area contributed by atoms with Gasteiger partial charge in [-0.2, -0.15) is 0 Å². The Morgan fingerprint density at radius 3 is 2.88 bits per heavy atom. The van der Waals surface area contributed by atoms with Crippen molar-refractivity contribution in [1.29, 1.82) is 0 Å². The maximum absolute atomic E-state index is 5.72. The number of benzene rings is 1. The number of nitrogen functional groups attached to an aromatic ring is 1. The fraction of sp³-hybridized carbons (Fsp3) is 0.0769. The Hall–Kier alpha value is -1.94. The zero-order valence-corrected chi connectivity index (χ0v) is 10.2. The number of fused-ring (bicyclic) bond motifs is 1. The maximum atomic E-state index is 5.72. The standard InChI is InChI=1S/C13H11N3S/c1-8-12(16-13(14)17-8)10-4-5-11-9(7-10)3-2-6-15-11/h2-7H,1H3,(H2,14,16). The quantitative estimate of drug-likeness (QED) is 0.711. The van der Waals surface area contributed by atoms with Gasteiger partial charge >= 0.3 is 0 Å². The van der Waals surface area contributed by atoms with Gasteiger partial charge in [-0.15, -0.1) is 11.3 Å². The average molecular weight is 241 g/mol. The molecule has 0 radical (unpaired) electrons. The van der Waals surface area contributed by atoms with E-state index in [2.05, 4.69) is 22.1 Å². The van der Waals surface area contributed by atoms with Crippen LogP contribution in [-0.2, 0) is 0 Å². The van der Waals surface area contributed by atoms with Gasteiger partial charge in [-0.1, -0.05) is 12.1 Å². The first-order valence-corrected chi connectivity index (χ1v) is 6.14. The minimum atomic E-state index is 0.615. The molecule has 0 unspecified atom stereocenters. The average Bonchev–Trinajstić information content (AvgIpc) is 2.68. The molecule has 4 heteroatoms. The molecule has 2 N–H and O–H groups in total. The summed E-state index contributed by atoms with van der Waals surface area (Å²) in [6.07, 6.45) is 1.80. The van der Waals surface area contributed by atoms with Gasteiger partial charge in [0.15, 0.2) is 5.13 Å². The monoisotopic (exact) mass is 241 g/mol.